The van der Waals surface area contributed by atoms with E-state index >= 15 is 0 Å². The van der Waals surface area contributed by atoms with Gasteiger partial charge in [0.05, 0.1) is 11.3 Å². The zero-order chi connectivity index (χ0) is 17.2. The molecule has 24 heavy (non-hydrogen) atoms. The summed E-state index contributed by atoms with van der Waals surface area (Å²) in [6.07, 6.45) is 15.4. The number of hydrogen-bond donors (Lipinski definition) is 1. The zero-order valence-electron chi connectivity index (χ0n) is 15.2. The molecule has 4 nitrogen and oxygen atoms in total. The summed E-state index contributed by atoms with van der Waals surface area (Å²) in [6, 6.07) is 0. The number of nitrogens with zero attached hydrogens (tertiary/aromatic N) is 1. The van der Waals surface area contributed by atoms with Crippen LogP contribution < -0.4 is 0 Å². The van der Waals surface area contributed by atoms with Gasteiger partial charge in [-0.2, -0.15) is 0 Å². The lowest BCUT2D eigenvalue weighted by Crippen LogP contribution is -2.27. The molecule has 1 aromatic rings. The van der Waals surface area contributed by atoms with Crippen molar-refractivity contribution in [3.63, 3.8) is 0 Å². The lowest BCUT2D eigenvalue weighted by Gasteiger charge is -2.14. The highest BCUT2D eigenvalue weighted by atomic mass is 16.5. The molecule has 0 saturated heterocycles. The first-order valence-corrected chi connectivity index (χ1v) is 9.93. The molecule has 1 unspecified atom stereocenters. The predicted octanol–water partition coefficient (Wildman–Crippen LogP) is 5.02. The molecule has 1 aromatic heterocycles. The number of hydrogen-bond acceptors (Lipinski definition) is 4. The van der Waals surface area contributed by atoms with Crippen LogP contribution in [0.25, 0.3) is 0 Å². The van der Waals surface area contributed by atoms with E-state index in [1.165, 1.54) is 64.2 Å². The zero-order valence-corrected chi connectivity index (χ0v) is 15.2. The Morgan fingerprint density at radius 1 is 1.00 bits per heavy atom. The van der Waals surface area contributed by atoms with E-state index in [0.717, 1.165) is 18.5 Å². The second-order valence-electron chi connectivity index (χ2n) is 7.13. The van der Waals surface area contributed by atoms with Crippen molar-refractivity contribution in [2.75, 3.05) is 0 Å². The molecule has 1 aliphatic rings. The van der Waals surface area contributed by atoms with E-state index in [0.29, 0.717) is 24.2 Å². The van der Waals surface area contributed by atoms with Crippen molar-refractivity contribution in [2.45, 2.75) is 103 Å². The summed E-state index contributed by atoms with van der Waals surface area (Å²) in [6.45, 7) is 2.26. The van der Waals surface area contributed by atoms with Gasteiger partial charge in [0.1, 0.15) is 11.9 Å². The minimum Gasteiger partial charge on any atom is -0.385 e. The van der Waals surface area contributed by atoms with Gasteiger partial charge in [0, 0.05) is 6.42 Å². The van der Waals surface area contributed by atoms with Gasteiger partial charge in [0.2, 0.25) is 0 Å². The number of Topliss-reactive ketones (excluding diaryl/α,β-unsaturated/α-hetero) is 1. The van der Waals surface area contributed by atoms with Gasteiger partial charge in [-0.15, -0.1) is 0 Å². The number of unbranched alkanes of at least 4 members (excludes halogenated alkanes) is 10. The average Bonchev–Trinajstić information content (AvgIpc) is 3.00. The van der Waals surface area contributed by atoms with Crippen molar-refractivity contribution in [2.24, 2.45) is 0 Å². The number of fused-ring (bicyclic) bond motifs is 1. The standard InChI is InChI=1S/C20H33NO3/c1-2-3-4-5-6-7-8-9-10-11-12-13-16-19-18(24-21-16)15-14-17(22)20(19)23/h17,22H,2-15H2,1H3. The van der Waals surface area contributed by atoms with Gasteiger partial charge < -0.3 is 9.63 Å². The minimum atomic E-state index is -0.868. The van der Waals surface area contributed by atoms with Crippen molar-refractivity contribution >= 4 is 5.78 Å². The van der Waals surface area contributed by atoms with Crippen LogP contribution >= 0.6 is 0 Å². The van der Waals surface area contributed by atoms with Crippen LogP contribution in [-0.2, 0) is 12.8 Å². The summed E-state index contributed by atoms with van der Waals surface area (Å²) >= 11 is 0. The Morgan fingerprint density at radius 2 is 1.58 bits per heavy atom. The highest BCUT2D eigenvalue weighted by Crippen LogP contribution is 2.26. The first-order valence-electron chi connectivity index (χ1n) is 9.93. The van der Waals surface area contributed by atoms with Crippen LogP contribution in [0, 0.1) is 0 Å². The first-order chi connectivity index (χ1) is 11.7. The number of carbonyl (C=O) groups is 1. The van der Waals surface area contributed by atoms with Gasteiger partial charge in [0.15, 0.2) is 5.78 Å². The molecule has 4 heteroatoms. The summed E-state index contributed by atoms with van der Waals surface area (Å²) in [5, 5.41) is 13.8. The molecular weight excluding hydrogens is 302 g/mol. The van der Waals surface area contributed by atoms with E-state index in [1.54, 1.807) is 0 Å². The van der Waals surface area contributed by atoms with Crippen LogP contribution in [0.1, 0.15) is 106 Å². The number of carbonyl (C=O) groups excluding carboxylic acids is 1. The van der Waals surface area contributed by atoms with Crippen LogP contribution in [0.15, 0.2) is 4.52 Å². The topological polar surface area (TPSA) is 63.3 Å². The molecule has 1 atom stereocenters. The summed E-state index contributed by atoms with van der Waals surface area (Å²) in [5.41, 5.74) is 1.32. The van der Waals surface area contributed by atoms with Crippen molar-refractivity contribution < 1.29 is 14.4 Å². The van der Waals surface area contributed by atoms with Crippen molar-refractivity contribution in [1.29, 1.82) is 0 Å². The SMILES string of the molecule is CCCCCCCCCCCCCc1noc2c1C(=O)C(O)CC2. The van der Waals surface area contributed by atoms with Gasteiger partial charge in [-0.05, 0) is 19.3 Å². The first kappa shape index (κ1) is 19.2. The fourth-order valence-corrected chi connectivity index (χ4v) is 3.51. The third-order valence-electron chi connectivity index (χ3n) is 5.04. The molecule has 0 amide bonds. The Bertz CT molecular complexity index is 495. The van der Waals surface area contributed by atoms with E-state index in [1.807, 2.05) is 0 Å². The number of aromatic nitrogens is 1. The summed E-state index contributed by atoms with van der Waals surface area (Å²) < 4.78 is 5.27. The molecule has 0 radical (unpaired) electrons. The maximum Gasteiger partial charge on any atom is 0.196 e. The summed E-state index contributed by atoms with van der Waals surface area (Å²) in [5.74, 6) is 0.471. The second kappa shape index (κ2) is 10.7. The Balaban J connectivity index is 1.54. The summed E-state index contributed by atoms with van der Waals surface area (Å²) in [7, 11) is 0. The van der Waals surface area contributed by atoms with Crippen molar-refractivity contribution in [3.8, 4) is 0 Å². The number of aliphatic hydroxyl groups is 1. The van der Waals surface area contributed by atoms with Gasteiger partial charge in [-0.25, -0.2) is 0 Å². The number of aliphatic hydroxyl groups excluding tert-OH is 1. The lowest BCUT2D eigenvalue weighted by atomic mass is 9.91. The lowest BCUT2D eigenvalue weighted by molar-refractivity contribution is 0.0703. The van der Waals surface area contributed by atoms with Gasteiger partial charge in [-0.1, -0.05) is 76.3 Å². The van der Waals surface area contributed by atoms with E-state index in [2.05, 4.69) is 12.1 Å². The Morgan fingerprint density at radius 3 is 2.21 bits per heavy atom. The fourth-order valence-electron chi connectivity index (χ4n) is 3.51. The third kappa shape index (κ3) is 5.73. The fraction of sp³-hybridized carbons (Fsp3) is 0.800. The molecule has 0 saturated carbocycles. The monoisotopic (exact) mass is 335 g/mol. The molecule has 0 aliphatic heterocycles. The maximum atomic E-state index is 12.0. The van der Waals surface area contributed by atoms with E-state index < -0.39 is 6.10 Å². The van der Waals surface area contributed by atoms with Crippen LogP contribution in [0.5, 0.6) is 0 Å². The predicted molar refractivity (Wildman–Crippen MR) is 95.3 cm³/mol. The Hall–Kier alpha value is -1.16. The third-order valence-corrected chi connectivity index (χ3v) is 5.04. The molecule has 1 heterocycles. The van der Waals surface area contributed by atoms with Gasteiger partial charge >= 0.3 is 0 Å². The quantitative estimate of drug-likeness (QED) is 0.545. The van der Waals surface area contributed by atoms with Gasteiger partial charge in [0.25, 0.3) is 0 Å². The molecule has 0 fully saturated rings. The number of aryl methyl sites for hydroxylation is 2. The Kier molecular flexibility index (Phi) is 8.51. The molecule has 0 spiro atoms. The molecular formula is C20H33NO3. The van der Waals surface area contributed by atoms with Crippen LogP contribution in [0.4, 0.5) is 0 Å². The van der Waals surface area contributed by atoms with Crippen molar-refractivity contribution in [3.05, 3.63) is 17.0 Å². The number of ketones is 1. The largest absolute Gasteiger partial charge is 0.385 e. The molecule has 2 rings (SSSR count). The molecule has 0 bridgehead atoms. The maximum absolute atomic E-state index is 12.0. The highest BCUT2D eigenvalue weighted by Gasteiger charge is 2.31. The Labute approximate surface area is 146 Å². The van der Waals surface area contributed by atoms with E-state index in [4.69, 9.17) is 4.52 Å². The normalized spacial score (nSPS) is 17.2. The molecule has 136 valence electrons. The van der Waals surface area contributed by atoms with E-state index in [-0.39, 0.29) is 5.78 Å². The van der Waals surface area contributed by atoms with Crippen molar-refractivity contribution in [1.82, 2.24) is 5.16 Å². The minimum absolute atomic E-state index is 0.199. The van der Waals surface area contributed by atoms with Crippen LogP contribution in [0.2, 0.25) is 0 Å². The van der Waals surface area contributed by atoms with Crippen LogP contribution in [0.3, 0.4) is 0 Å². The smallest absolute Gasteiger partial charge is 0.196 e. The molecule has 1 N–H and O–H groups in total. The van der Waals surface area contributed by atoms with Crippen LogP contribution in [-0.4, -0.2) is 22.2 Å². The second-order valence-corrected chi connectivity index (χ2v) is 7.13. The average molecular weight is 335 g/mol. The molecule has 0 aromatic carbocycles. The molecule has 1 aliphatic carbocycles. The van der Waals surface area contributed by atoms with E-state index in [9.17, 15) is 9.90 Å². The number of rotatable bonds is 12. The summed E-state index contributed by atoms with van der Waals surface area (Å²) in [4.78, 5) is 12.0. The highest BCUT2D eigenvalue weighted by molar-refractivity contribution is 6.02. The van der Waals surface area contributed by atoms with Gasteiger partial charge in [-0.3, -0.25) is 4.79 Å².